The molecule has 0 saturated carbocycles. The van der Waals surface area contributed by atoms with Gasteiger partial charge in [0, 0.05) is 12.1 Å². The minimum atomic E-state index is -0.905. The number of carbonyl (C=O) groups is 2. The number of oxazole rings is 1. The van der Waals surface area contributed by atoms with Gasteiger partial charge in [0.05, 0.1) is 17.5 Å². The zero-order valence-electron chi connectivity index (χ0n) is 13.5. The van der Waals surface area contributed by atoms with Crippen molar-refractivity contribution in [1.82, 2.24) is 10.3 Å². The zero-order valence-corrected chi connectivity index (χ0v) is 13.5. The predicted octanol–water partition coefficient (Wildman–Crippen LogP) is 2.64. The van der Waals surface area contributed by atoms with Crippen LogP contribution in [0.4, 0.5) is 4.39 Å². The van der Waals surface area contributed by atoms with Gasteiger partial charge in [-0.3, -0.25) is 9.59 Å². The van der Waals surface area contributed by atoms with Gasteiger partial charge in [0.2, 0.25) is 11.8 Å². The SMILES string of the molecule is CC(C)(CCNC(=O)Cc1coc(-c2ccc(F)cc2)n1)C(=O)O. The van der Waals surface area contributed by atoms with E-state index in [2.05, 4.69) is 10.3 Å². The highest BCUT2D eigenvalue weighted by Crippen LogP contribution is 2.20. The lowest BCUT2D eigenvalue weighted by Gasteiger charge is -2.18. The van der Waals surface area contributed by atoms with Crippen molar-refractivity contribution >= 4 is 11.9 Å². The number of carbonyl (C=O) groups excluding carboxylic acids is 1. The first kappa shape index (κ1) is 17.7. The molecule has 0 saturated heterocycles. The molecule has 0 bridgehead atoms. The lowest BCUT2D eigenvalue weighted by atomic mass is 9.90. The molecule has 2 N–H and O–H groups in total. The number of hydrogen-bond donors (Lipinski definition) is 2. The number of amides is 1. The third-order valence-corrected chi connectivity index (χ3v) is 3.64. The Morgan fingerprint density at radius 3 is 2.58 bits per heavy atom. The lowest BCUT2D eigenvalue weighted by molar-refractivity contribution is -0.147. The van der Waals surface area contributed by atoms with E-state index in [4.69, 9.17) is 9.52 Å². The van der Waals surface area contributed by atoms with E-state index in [9.17, 15) is 14.0 Å². The Hall–Kier alpha value is -2.70. The van der Waals surface area contributed by atoms with Crippen molar-refractivity contribution in [3.05, 3.63) is 42.0 Å². The smallest absolute Gasteiger partial charge is 0.309 e. The Labute approximate surface area is 138 Å². The summed E-state index contributed by atoms with van der Waals surface area (Å²) in [5.74, 6) is -1.22. The number of nitrogens with one attached hydrogen (secondary N) is 1. The van der Waals surface area contributed by atoms with Crippen LogP contribution in [0.1, 0.15) is 26.0 Å². The third-order valence-electron chi connectivity index (χ3n) is 3.64. The highest BCUT2D eigenvalue weighted by atomic mass is 19.1. The number of aromatic nitrogens is 1. The molecule has 7 heteroatoms. The summed E-state index contributed by atoms with van der Waals surface area (Å²) < 4.78 is 18.2. The van der Waals surface area contributed by atoms with Crippen molar-refractivity contribution in [2.45, 2.75) is 26.7 Å². The summed E-state index contributed by atoms with van der Waals surface area (Å²) in [4.78, 5) is 27.0. The fourth-order valence-electron chi connectivity index (χ4n) is 1.96. The normalized spacial score (nSPS) is 11.3. The third kappa shape index (κ3) is 4.65. The summed E-state index contributed by atoms with van der Waals surface area (Å²) >= 11 is 0. The monoisotopic (exact) mass is 334 g/mol. The molecule has 1 heterocycles. The molecule has 0 spiro atoms. The molecular formula is C17H19FN2O4. The van der Waals surface area contributed by atoms with Crippen molar-refractivity contribution in [3.8, 4) is 11.5 Å². The molecule has 0 unspecified atom stereocenters. The van der Waals surface area contributed by atoms with Gasteiger partial charge < -0.3 is 14.8 Å². The Morgan fingerprint density at radius 2 is 1.96 bits per heavy atom. The van der Waals surface area contributed by atoms with E-state index in [0.29, 0.717) is 23.6 Å². The first-order chi connectivity index (χ1) is 11.3. The highest BCUT2D eigenvalue weighted by Gasteiger charge is 2.26. The number of halogens is 1. The van der Waals surface area contributed by atoms with Crippen LogP contribution in [0, 0.1) is 11.2 Å². The molecule has 1 aromatic heterocycles. The van der Waals surface area contributed by atoms with Crippen LogP contribution in [0.3, 0.4) is 0 Å². The average Bonchev–Trinajstić information content (AvgIpc) is 2.96. The van der Waals surface area contributed by atoms with Gasteiger partial charge in [-0.25, -0.2) is 9.37 Å². The lowest BCUT2D eigenvalue weighted by Crippen LogP contribution is -2.32. The Bertz CT molecular complexity index is 722. The molecule has 0 aliphatic carbocycles. The van der Waals surface area contributed by atoms with Gasteiger partial charge in [0.1, 0.15) is 12.1 Å². The van der Waals surface area contributed by atoms with E-state index in [-0.39, 0.29) is 24.7 Å². The van der Waals surface area contributed by atoms with Gasteiger partial charge in [-0.05, 0) is 44.5 Å². The van der Waals surface area contributed by atoms with Gasteiger partial charge in [0.15, 0.2) is 0 Å². The number of carboxylic acid groups (broad SMARTS) is 1. The van der Waals surface area contributed by atoms with E-state index >= 15 is 0 Å². The van der Waals surface area contributed by atoms with E-state index in [0.717, 1.165) is 0 Å². The second-order valence-electron chi connectivity index (χ2n) is 6.12. The van der Waals surface area contributed by atoms with Crippen LogP contribution in [0.5, 0.6) is 0 Å². The standard InChI is InChI=1S/C17H19FN2O4/c1-17(2,16(22)23)7-8-19-14(21)9-13-10-24-15(20-13)11-3-5-12(18)6-4-11/h3-6,10H,7-9H2,1-2H3,(H,19,21)(H,22,23). The van der Waals surface area contributed by atoms with Crippen LogP contribution in [-0.4, -0.2) is 28.5 Å². The molecule has 6 nitrogen and oxygen atoms in total. The minimum absolute atomic E-state index is 0.0260. The summed E-state index contributed by atoms with van der Waals surface area (Å²) in [5, 5.41) is 11.7. The number of rotatable bonds is 7. The van der Waals surface area contributed by atoms with Crippen LogP contribution in [0.25, 0.3) is 11.5 Å². The second-order valence-corrected chi connectivity index (χ2v) is 6.12. The minimum Gasteiger partial charge on any atom is -0.481 e. The Kier molecular flexibility index (Phi) is 5.33. The number of hydrogen-bond acceptors (Lipinski definition) is 4. The zero-order chi connectivity index (χ0) is 17.7. The van der Waals surface area contributed by atoms with Crippen molar-refractivity contribution in [1.29, 1.82) is 0 Å². The van der Waals surface area contributed by atoms with Crippen LogP contribution >= 0.6 is 0 Å². The van der Waals surface area contributed by atoms with Crippen molar-refractivity contribution in [2.24, 2.45) is 5.41 Å². The molecule has 1 amide bonds. The van der Waals surface area contributed by atoms with Gasteiger partial charge in [-0.1, -0.05) is 0 Å². The summed E-state index contributed by atoms with van der Waals surface area (Å²) in [6.45, 7) is 3.48. The predicted molar refractivity (Wildman–Crippen MR) is 84.6 cm³/mol. The Morgan fingerprint density at radius 1 is 1.29 bits per heavy atom. The van der Waals surface area contributed by atoms with Gasteiger partial charge in [-0.15, -0.1) is 0 Å². The summed E-state index contributed by atoms with van der Waals surface area (Å²) in [6.07, 6.45) is 1.73. The molecule has 0 radical (unpaired) electrons. The fraction of sp³-hybridized carbons (Fsp3) is 0.353. The summed E-state index contributed by atoms with van der Waals surface area (Å²) in [6, 6.07) is 5.68. The topological polar surface area (TPSA) is 92.4 Å². The first-order valence-corrected chi connectivity index (χ1v) is 7.48. The quantitative estimate of drug-likeness (QED) is 0.812. The maximum Gasteiger partial charge on any atom is 0.309 e. The van der Waals surface area contributed by atoms with E-state index in [1.807, 2.05) is 0 Å². The summed E-state index contributed by atoms with van der Waals surface area (Å²) in [5.41, 5.74) is 0.173. The molecule has 24 heavy (non-hydrogen) atoms. The maximum absolute atomic E-state index is 12.9. The first-order valence-electron chi connectivity index (χ1n) is 7.48. The molecule has 0 aliphatic rings. The van der Waals surface area contributed by atoms with Gasteiger partial charge in [0.25, 0.3) is 0 Å². The number of aliphatic carboxylic acids is 1. The highest BCUT2D eigenvalue weighted by molar-refractivity contribution is 5.78. The number of carboxylic acids is 1. The largest absolute Gasteiger partial charge is 0.481 e. The molecule has 1 aromatic carbocycles. The number of nitrogens with zero attached hydrogens (tertiary/aromatic N) is 1. The molecule has 2 rings (SSSR count). The fourth-order valence-corrected chi connectivity index (χ4v) is 1.96. The summed E-state index contributed by atoms with van der Waals surface area (Å²) in [7, 11) is 0. The van der Waals surface area contributed by atoms with Crippen molar-refractivity contribution < 1.29 is 23.5 Å². The van der Waals surface area contributed by atoms with Gasteiger partial charge >= 0.3 is 5.97 Å². The molecule has 128 valence electrons. The van der Waals surface area contributed by atoms with E-state index in [1.54, 1.807) is 26.0 Å². The molecular weight excluding hydrogens is 315 g/mol. The van der Waals surface area contributed by atoms with E-state index < -0.39 is 11.4 Å². The molecule has 0 fully saturated rings. The van der Waals surface area contributed by atoms with Crippen LogP contribution in [0.15, 0.2) is 34.9 Å². The average molecular weight is 334 g/mol. The number of benzene rings is 1. The maximum atomic E-state index is 12.9. The van der Waals surface area contributed by atoms with Crippen LogP contribution in [-0.2, 0) is 16.0 Å². The molecule has 0 aliphatic heterocycles. The Balaban J connectivity index is 1.87. The molecule has 0 atom stereocenters. The van der Waals surface area contributed by atoms with Crippen molar-refractivity contribution in [2.75, 3.05) is 6.54 Å². The molecule has 2 aromatic rings. The van der Waals surface area contributed by atoms with Crippen molar-refractivity contribution in [3.63, 3.8) is 0 Å². The van der Waals surface area contributed by atoms with E-state index in [1.165, 1.54) is 18.4 Å². The van der Waals surface area contributed by atoms with Crippen LogP contribution < -0.4 is 5.32 Å². The second kappa shape index (κ2) is 7.25. The van der Waals surface area contributed by atoms with Gasteiger partial charge in [-0.2, -0.15) is 0 Å². The van der Waals surface area contributed by atoms with Crippen LogP contribution in [0.2, 0.25) is 0 Å².